The van der Waals surface area contributed by atoms with Crippen molar-refractivity contribution in [3.63, 3.8) is 0 Å². The lowest BCUT2D eigenvalue weighted by Gasteiger charge is -2.13. The Morgan fingerprint density at radius 2 is 2.10 bits per heavy atom. The van der Waals surface area contributed by atoms with Crippen LogP contribution in [0.5, 0.6) is 5.75 Å². The number of thioether (sulfide) groups is 1. The van der Waals surface area contributed by atoms with Crippen LogP contribution in [0.3, 0.4) is 0 Å². The molecule has 0 spiro atoms. The summed E-state index contributed by atoms with van der Waals surface area (Å²) in [5.41, 5.74) is 2.34. The molecule has 0 aromatic heterocycles. The predicted octanol–water partition coefficient (Wildman–Crippen LogP) is 1.78. The second-order valence-corrected chi connectivity index (χ2v) is 6.06. The van der Waals surface area contributed by atoms with Gasteiger partial charge in [0, 0.05) is 29.7 Å². The molecule has 4 nitrogen and oxygen atoms in total. The fraction of sp³-hybridized carbons (Fsp3) is 0.600. The van der Waals surface area contributed by atoms with Gasteiger partial charge in [-0.3, -0.25) is 0 Å². The molecule has 0 saturated carbocycles. The van der Waals surface area contributed by atoms with Gasteiger partial charge in [-0.05, 0) is 17.7 Å². The van der Waals surface area contributed by atoms with Crippen molar-refractivity contribution in [1.82, 2.24) is 5.32 Å². The smallest absolute Gasteiger partial charge is 0.122 e. The molecular weight excluding hydrogens is 274 g/mol. The molecule has 0 fully saturated rings. The summed E-state index contributed by atoms with van der Waals surface area (Å²) in [6.45, 7) is 4.88. The highest BCUT2D eigenvalue weighted by Crippen LogP contribution is 2.25. The van der Waals surface area contributed by atoms with Crippen LogP contribution < -0.4 is 10.1 Å². The van der Waals surface area contributed by atoms with E-state index < -0.39 is 6.10 Å². The minimum atomic E-state index is -0.656. The SMILES string of the molecule is COc1ccc(CNC(C)C)cc1CSCC(O)CO. The van der Waals surface area contributed by atoms with Crippen LogP contribution in [0.1, 0.15) is 25.0 Å². The van der Waals surface area contributed by atoms with E-state index in [2.05, 4.69) is 31.3 Å². The van der Waals surface area contributed by atoms with Crippen molar-refractivity contribution in [2.75, 3.05) is 19.5 Å². The van der Waals surface area contributed by atoms with E-state index in [4.69, 9.17) is 9.84 Å². The fourth-order valence-electron chi connectivity index (χ4n) is 1.73. The number of benzene rings is 1. The van der Waals surface area contributed by atoms with E-state index in [-0.39, 0.29) is 6.61 Å². The normalized spacial score (nSPS) is 12.7. The number of methoxy groups -OCH3 is 1. The van der Waals surface area contributed by atoms with Gasteiger partial charge in [-0.15, -0.1) is 0 Å². The van der Waals surface area contributed by atoms with Gasteiger partial charge in [0.15, 0.2) is 0 Å². The van der Waals surface area contributed by atoms with Crippen molar-refractivity contribution in [1.29, 1.82) is 0 Å². The maximum Gasteiger partial charge on any atom is 0.122 e. The molecule has 0 aliphatic rings. The fourth-order valence-corrected chi connectivity index (χ4v) is 2.68. The van der Waals surface area contributed by atoms with Gasteiger partial charge in [-0.1, -0.05) is 19.9 Å². The largest absolute Gasteiger partial charge is 0.496 e. The molecule has 3 N–H and O–H groups in total. The minimum absolute atomic E-state index is 0.192. The van der Waals surface area contributed by atoms with Gasteiger partial charge in [0.2, 0.25) is 0 Å². The molecule has 0 saturated heterocycles. The number of hydrogen-bond acceptors (Lipinski definition) is 5. The Hall–Kier alpha value is -0.750. The number of ether oxygens (including phenoxy) is 1. The van der Waals surface area contributed by atoms with Crippen LogP contribution in [-0.4, -0.2) is 41.8 Å². The Labute approximate surface area is 125 Å². The van der Waals surface area contributed by atoms with Crippen molar-refractivity contribution < 1.29 is 14.9 Å². The number of rotatable bonds is 9. The van der Waals surface area contributed by atoms with Gasteiger partial charge in [-0.25, -0.2) is 0 Å². The first kappa shape index (κ1) is 17.3. The Balaban J connectivity index is 2.63. The Kier molecular flexibility index (Phi) is 7.99. The summed E-state index contributed by atoms with van der Waals surface area (Å²) in [4.78, 5) is 0. The maximum atomic E-state index is 9.35. The van der Waals surface area contributed by atoms with Crippen LogP contribution in [-0.2, 0) is 12.3 Å². The summed E-state index contributed by atoms with van der Waals surface area (Å²) in [6, 6.07) is 6.63. The lowest BCUT2D eigenvalue weighted by atomic mass is 10.1. The van der Waals surface area contributed by atoms with Gasteiger partial charge in [0.1, 0.15) is 5.75 Å². The highest BCUT2D eigenvalue weighted by molar-refractivity contribution is 7.98. The van der Waals surface area contributed by atoms with E-state index in [9.17, 15) is 5.11 Å². The first-order valence-electron chi connectivity index (χ1n) is 6.82. The van der Waals surface area contributed by atoms with E-state index >= 15 is 0 Å². The quantitative estimate of drug-likeness (QED) is 0.649. The van der Waals surface area contributed by atoms with Crippen LogP contribution in [0.15, 0.2) is 18.2 Å². The highest BCUT2D eigenvalue weighted by atomic mass is 32.2. The Morgan fingerprint density at radius 3 is 2.70 bits per heavy atom. The molecule has 1 aromatic carbocycles. The van der Waals surface area contributed by atoms with Crippen LogP contribution in [0.25, 0.3) is 0 Å². The van der Waals surface area contributed by atoms with E-state index in [1.54, 1.807) is 18.9 Å². The number of aliphatic hydroxyl groups is 2. The molecule has 0 aliphatic carbocycles. The third-order valence-corrected chi connectivity index (χ3v) is 3.97. The third-order valence-electron chi connectivity index (χ3n) is 2.84. The number of hydrogen-bond donors (Lipinski definition) is 3. The molecule has 5 heteroatoms. The van der Waals surface area contributed by atoms with Gasteiger partial charge >= 0.3 is 0 Å². The lowest BCUT2D eigenvalue weighted by Crippen LogP contribution is -2.21. The molecule has 114 valence electrons. The minimum Gasteiger partial charge on any atom is -0.496 e. The van der Waals surface area contributed by atoms with E-state index in [0.29, 0.717) is 11.8 Å². The van der Waals surface area contributed by atoms with Gasteiger partial charge in [0.05, 0.1) is 19.8 Å². The van der Waals surface area contributed by atoms with E-state index in [0.717, 1.165) is 23.6 Å². The number of aliphatic hydroxyl groups excluding tert-OH is 2. The molecule has 20 heavy (non-hydrogen) atoms. The van der Waals surface area contributed by atoms with Crippen LogP contribution in [0.4, 0.5) is 0 Å². The standard InChI is InChI=1S/C15H25NO3S/c1-11(2)16-7-12-4-5-15(19-3)13(6-12)9-20-10-14(18)8-17/h4-6,11,14,16-18H,7-10H2,1-3H3. The Bertz CT molecular complexity index is 399. The maximum absolute atomic E-state index is 9.35. The summed E-state index contributed by atoms with van der Waals surface area (Å²) in [5.74, 6) is 2.15. The topological polar surface area (TPSA) is 61.7 Å². The van der Waals surface area contributed by atoms with Crippen molar-refractivity contribution in [3.8, 4) is 5.75 Å². The van der Waals surface area contributed by atoms with Gasteiger partial charge in [0.25, 0.3) is 0 Å². The monoisotopic (exact) mass is 299 g/mol. The predicted molar refractivity (Wildman–Crippen MR) is 84.2 cm³/mol. The number of nitrogens with one attached hydrogen (secondary N) is 1. The van der Waals surface area contributed by atoms with Crippen LogP contribution in [0, 0.1) is 0 Å². The third kappa shape index (κ3) is 6.13. The van der Waals surface area contributed by atoms with Crippen molar-refractivity contribution in [2.45, 2.75) is 38.3 Å². The summed E-state index contributed by atoms with van der Waals surface area (Å²) < 4.78 is 5.36. The second-order valence-electron chi connectivity index (χ2n) is 5.03. The van der Waals surface area contributed by atoms with Crippen molar-refractivity contribution in [2.24, 2.45) is 0 Å². The summed E-state index contributed by atoms with van der Waals surface area (Å²) in [6.07, 6.45) is -0.656. The molecule has 1 rings (SSSR count). The molecule has 0 bridgehead atoms. The zero-order chi connectivity index (χ0) is 15.0. The first-order valence-corrected chi connectivity index (χ1v) is 7.98. The van der Waals surface area contributed by atoms with Gasteiger partial charge in [-0.2, -0.15) is 11.8 Å². The second kappa shape index (κ2) is 9.23. The molecule has 1 aromatic rings. The molecule has 1 atom stereocenters. The summed E-state index contributed by atoms with van der Waals surface area (Å²) in [7, 11) is 1.66. The molecule has 0 aliphatic heterocycles. The van der Waals surface area contributed by atoms with E-state index in [1.807, 2.05) is 6.07 Å². The van der Waals surface area contributed by atoms with Crippen LogP contribution in [0.2, 0.25) is 0 Å². The zero-order valence-corrected chi connectivity index (χ0v) is 13.2. The average molecular weight is 299 g/mol. The molecule has 1 unspecified atom stereocenters. The first-order chi connectivity index (χ1) is 9.56. The lowest BCUT2D eigenvalue weighted by molar-refractivity contribution is 0.113. The summed E-state index contributed by atoms with van der Waals surface area (Å²) >= 11 is 1.59. The highest BCUT2D eigenvalue weighted by Gasteiger charge is 2.07. The van der Waals surface area contributed by atoms with Crippen molar-refractivity contribution >= 4 is 11.8 Å². The summed E-state index contributed by atoms with van der Waals surface area (Å²) in [5, 5.41) is 21.5. The average Bonchev–Trinajstić information content (AvgIpc) is 2.45. The molecule has 0 radical (unpaired) electrons. The van der Waals surface area contributed by atoms with E-state index in [1.165, 1.54) is 5.56 Å². The molecule has 0 heterocycles. The molecular formula is C15H25NO3S. The van der Waals surface area contributed by atoms with Crippen molar-refractivity contribution in [3.05, 3.63) is 29.3 Å². The Morgan fingerprint density at radius 1 is 1.35 bits per heavy atom. The van der Waals surface area contributed by atoms with Crippen LogP contribution >= 0.6 is 11.8 Å². The molecule has 0 amide bonds. The van der Waals surface area contributed by atoms with Gasteiger partial charge < -0.3 is 20.3 Å². The zero-order valence-electron chi connectivity index (χ0n) is 12.4.